The number of nitrogens with zero attached hydrogens (tertiary/aromatic N) is 3. The van der Waals surface area contributed by atoms with Crippen molar-refractivity contribution in [2.75, 3.05) is 20.1 Å². The molecule has 0 fully saturated rings. The number of benzene rings is 1. The summed E-state index contributed by atoms with van der Waals surface area (Å²) in [4.78, 5) is 6.74. The molecular formula is C23H31N3O. The van der Waals surface area contributed by atoms with E-state index in [0.717, 1.165) is 37.2 Å². The van der Waals surface area contributed by atoms with Gasteiger partial charge in [-0.3, -0.25) is 4.98 Å². The first-order chi connectivity index (χ1) is 12.5. The van der Waals surface area contributed by atoms with E-state index in [4.69, 9.17) is 0 Å². The molecule has 2 aromatic heterocycles. The molecule has 1 aliphatic rings. The molecule has 0 saturated carbocycles. The van der Waals surface area contributed by atoms with Crippen LogP contribution in [0.3, 0.4) is 0 Å². The number of fused-ring (bicyclic) bond motifs is 3. The molecule has 4 heteroatoms. The van der Waals surface area contributed by atoms with Crippen molar-refractivity contribution in [2.45, 2.75) is 46.8 Å². The van der Waals surface area contributed by atoms with E-state index in [1.807, 2.05) is 19.1 Å². The van der Waals surface area contributed by atoms with Crippen molar-refractivity contribution < 1.29 is 5.11 Å². The number of hydrogen-bond donors (Lipinski definition) is 1. The summed E-state index contributed by atoms with van der Waals surface area (Å²) in [5.74, 6) is 0. The molecule has 0 radical (unpaired) electrons. The van der Waals surface area contributed by atoms with Gasteiger partial charge in [-0.05, 0) is 51.1 Å². The van der Waals surface area contributed by atoms with Crippen LogP contribution in [0.25, 0.3) is 10.9 Å². The van der Waals surface area contributed by atoms with E-state index in [2.05, 4.69) is 46.6 Å². The van der Waals surface area contributed by atoms with Gasteiger partial charge in [-0.15, -0.1) is 0 Å². The van der Waals surface area contributed by atoms with Crippen LogP contribution in [0.4, 0.5) is 0 Å². The topological polar surface area (TPSA) is 41.3 Å². The molecule has 0 aliphatic carbocycles. The number of aromatic nitrogens is 2. The van der Waals surface area contributed by atoms with Crippen molar-refractivity contribution in [3.63, 3.8) is 0 Å². The molecule has 1 aromatic carbocycles. The maximum Gasteiger partial charge on any atom is 0.0983 e. The van der Waals surface area contributed by atoms with E-state index in [0.29, 0.717) is 6.54 Å². The van der Waals surface area contributed by atoms with E-state index < -0.39 is 6.10 Å². The monoisotopic (exact) mass is 365 g/mol. The molecule has 3 aromatic rings. The zero-order valence-electron chi connectivity index (χ0n) is 15.9. The summed E-state index contributed by atoms with van der Waals surface area (Å²) in [6.07, 6.45) is 3.34. The highest BCUT2D eigenvalue weighted by atomic mass is 16.3. The van der Waals surface area contributed by atoms with Crippen LogP contribution in [0.1, 0.15) is 41.6 Å². The Morgan fingerprint density at radius 1 is 1.11 bits per heavy atom. The Bertz CT molecular complexity index is 927. The van der Waals surface area contributed by atoms with Crippen molar-refractivity contribution in [2.24, 2.45) is 0 Å². The zero-order chi connectivity index (χ0) is 18.3. The van der Waals surface area contributed by atoms with Crippen molar-refractivity contribution in [1.82, 2.24) is 14.5 Å². The third-order valence-electron chi connectivity index (χ3n) is 5.59. The van der Waals surface area contributed by atoms with Crippen LogP contribution in [-0.2, 0) is 19.4 Å². The summed E-state index contributed by atoms with van der Waals surface area (Å²) in [5, 5.41) is 12.2. The minimum absolute atomic E-state index is 0. The summed E-state index contributed by atoms with van der Waals surface area (Å²) in [6, 6.07) is 10.6. The summed E-state index contributed by atoms with van der Waals surface area (Å²) in [5.41, 5.74) is 7.22. The molecule has 0 bridgehead atoms. The maximum absolute atomic E-state index is 10.8. The lowest BCUT2D eigenvalue weighted by Crippen LogP contribution is -2.21. The summed E-state index contributed by atoms with van der Waals surface area (Å²) >= 11 is 0. The number of likely N-dealkylation sites (N-methyl/N-ethyl adjacent to an activating group) is 1. The average Bonchev–Trinajstić information content (AvgIpc) is 2.76. The molecule has 1 atom stereocenters. The number of hydrogen-bond acceptors (Lipinski definition) is 3. The van der Waals surface area contributed by atoms with E-state index in [1.54, 1.807) is 6.20 Å². The molecule has 3 heterocycles. The lowest BCUT2D eigenvalue weighted by Gasteiger charge is -2.17. The SMILES string of the molecule is C.Cc1ccc2c(c1)c1c(n2CC(O)c2ccc(C)nc2)CCN(C)CC1. The predicted molar refractivity (Wildman–Crippen MR) is 112 cm³/mol. The fourth-order valence-corrected chi connectivity index (χ4v) is 4.03. The molecule has 4 nitrogen and oxygen atoms in total. The van der Waals surface area contributed by atoms with Crippen LogP contribution in [-0.4, -0.2) is 39.7 Å². The molecule has 27 heavy (non-hydrogen) atoms. The van der Waals surface area contributed by atoms with Crippen LogP contribution < -0.4 is 0 Å². The largest absolute Gasteiger partial charge is 0.386 e. The summed E-state index contributed by atoms with van der Waals surface area (Å²) in [7, 11) is 2.19. The van der Waals surface area contributed by atoms with Crippen molar-refractivity contribution >= 4 is 10.9 Å². The van der Waals surface area contributed by atoms with E-state index in [9.17, 15) is 5.11 Å². The van der Waals surface area contributed by atoms with Gasteiger partial charge in [0.05, 0.1) is 12.6 Å². The lowest BCUT2D eigenvalue weighted by molar-refractivity contribution is 0.156. The van der Waals surface area contributed by atoms with E-state index in [-0.39, 0.29) is 7.43 Å². The molecule has 1 aliphatic heterocycles. The smallest absolute Gasteiger partial charge is 0.0983 e. The van der Waals surface area contributed by atoms with Gasteiger partial charge in [-0.2, -0.15) is 0 Å². The van der Waals surface area contributed by atoms with Gasteiger partial charge >= 0.3 is 0 Å². The highest BCUT2D eigenvalue weighted by Gasteiger charge is 2.22. The van der Waals surface area contributed by atoms with E-state index >= 15 is 0 Å². The average molecular weight is 366 g/mol. The van der Waals surface area contributed by atoms with Crippen LogP contribution in [0.15, 0.2) is 36.5 Å². The Hall–Kier alpha value is -2.17. The minimum Gasteiger partial charge on any atom is -0.386 e. The minimum atomic E-state index is -0.551. The third-order valence-corrected chi connectivity index (χ3v) is 5.59. The highest BCUT2D eigenvalue weighted by molar-refractivity contribution is 5.86. The van der Waals surface area contributed by atoms with Crippen LogP contribution in [0.2, 0.25) is 0 Å². The van der Waals surface area contributed by atoms with Crippen molar-refractivity contribution in [3.05, 3.63) is 64.6 Å². The second-order valence-corrected chi connectivity index (χ2v) is 7.61. The van der Waals surface area contributed by atoms with Gasteiger partial charge in [0.25, 0.3) is 0 Å². The third kappa shape index (κ3) is 3.78. The molecule has 0 spiro atoms. The van der Waals surface area contributed by atoms with Crippen molar-refractivity contribution in [1.29, 1.82) is 0 Å². The van der Waals surface area contributed by atoms with Gasteiger partial charge in [0.2, 0.25) is 0 Å². The molecule has 0 saturated heterocycles. The summed E-state index contributed by atoms with van der Waals surface area (Å²) < 4.78 is 2.34. The lowest BCUT2D eigenvalue weighted by atomic mass is 10.1. The van der Waals surface area contributed by atoms with Gasteiger partial charge in [-0.25, -0.2) is 0 Å². The van der Waals surface area contributed by atoms with Gasteiger partial charge in [0, 0.05) is 53.6 Å². The van der Waals surface area contributed by atoms with Crippen molar-refractivity contribution in [3.8, 4) is 0 Å². The number of aliphatic hydroxyl groups excluding tert-OH is 1. The molecule has 144 valence electrons. The van der Waals surface area contributed by atoms with Gasteiger partial charge in [0.1, 0.15) is 0 Å². The summed E-state index contributed by atoms with van der Waals surface area (Å²) in [6.45, 7) is 6.84. The first-order valence-electron chi connectivity index (χ1n) is 9.42. The predicted octanol–water partition coefficient (Wildman–Crippen LogP) is 4.05. The molecular weight excluding hydrogens is 334 g/mol. The Kier molecular flexibility index (Phi) is 5.68. The van der Waals surface area contributed by atoms with Crippen LogP contribution in [0, 0.1) is 13.8 Å². The van der Waals surface area contributed by atoms with Gasteiger partial charge < -0.3 is 14.6 Å². The Labute approximate surface area is 162 Å². The number of pyridine rings is 1. The Morgan fingerprint density at radius 3 is 2.63 bits per heavy atom. The Morgan fingerprint density at radius 2 is 1.89 bits per heavy atom. The normalized spacial score (nSPS) is 15.9. The zero-order valence-corrected chi connectivity index (χ0v) is 15.9. The quantitative estimate of drug-likeness (QED) is 0.761. The fourth-order valence-electron chi connectivity index (χ4n) is 4.03. The second-order valence-electron chi connectivity index (χ2n) is 7.61. The van der Waals surface area contributed by atoms with Crippen LogP contribution in [0.5, 0.6) is 0 Å². The fraction of sp³-hybridized carbons (Fsp3) is 0.435. The van der Waals surface area contributed by atoms with E-state index in [1.165, 1.54) is 27.7 Å². The first kappa shape index (κ1) is 19.6. The second kappa shape index (κ2) is 7.83. The standard InChI is InChI=1S/C22H27N3O.CH4/c1-15-4-7-20-19(12-15)18-8-10-24(3)11-9-21(18)25(20)14-22(26)17-6-5-16(2)23-13-17;/h4-7,12-13,22,26H,8-11,14H2,1-3H3;1H4. The number of aryl methyl sites for hydroxylation is 2. The molecule has 0 amide bonds. The number of rotatable bonds is 3. The van der Waals surface area contributed by atoms with Gasteiger partial charge in [0.15, 0.2) is 0 Å². The molecule has 4 rings (SSSR count). The van der Waals surface area contributed by atoms with Gasteiger partial charge in [-0.1, -0.05) is 25.1 Å². The highest BCUT2D eigenvalue weighted by Crippen LogP contribution is 2.31. The molecule has 1 unspecified atom stereocenters. The van der Waals surface area contributed by atoms with Crippen LogP contribution >= 0.6 is 0 Å². The first-order valence-corrected chi connectivity index (χ1v) is 9.42. The Balaban J connectivity index is 0.00000210. The molecule has 1 N–H and O–H groups in total. The number of aliphatic hydroxyl groups is 1. The maximum atomic E-state index is 10.8.